The van der Waals surface area contributed by atoms with Gasteiger partial charge in [0, 0.05) is 4.47 Å². The zero-order chi connectivity index (χ0) is 12.4. The molecule has 0 aliphatic rings. The molecule has 0 amide bonds. The molecule has 0 fully saturated rings. The van der Waals surface area contributed by atoms with E-state index in [9.17, 15) is 4.39 Å². The van der Waals surface area contributed by atoms with Gasteiger partial charge in [0.15, 0.2) is 0 Å². The van der Waals surface area contributed by atoms with E-state index in [2.05, 4.69) is 26.2 Å². The van der Waals surface area contributed by atoms with Gasteiger partial charge in [0.05, 0.1) is 16.4 Å². The van der Waals surface area contributed by atoms with Crippen molar-refractivity contribution in [3.63, 3.8) is 0 Å². The molecule has 0 atom stereocenters. The number of anilines is 2. The van der Waals surface area contributed by atoms with E-state index in [1.165, 1.54) is 18.2 Å². The summed E-state index contributed by atoms with van der Waals surface area (Å²) < 4.78 is 14.0. The molecule has 0 unspecified atom stereocenters. The number of nitrogens with one attached hydrogen (secondary N) is 1. The van der Waals surface area contributed by atoms with Crippen LogP contribution >= 0.6 is 27.5 Å². The zero-order valence-electron chi connectivity index (χ0n) is 8.97. The maximum atomic E-state index is 13.1. The van der Waals surface area contributed by atoms with Gasteiger partial charge in [-0.25, -0.2) is 9.37 Å². The van der Waals surface area contributed by atoms with Crippen molar-refractivity contribution in [2.45, 2.75) is 6.92 Å². The van der Waals surface area contributed by atoms with Crippen LogP contribution < -0.4 is 5.32 Å². The van der Waals surface area contributed by atoms with Crippen molar-refractivity contribution >= 4 is 39.0 Å². The number of pyridine rings is 1. The summed E-state index contributed by atoms with van der Waals surface area (Å²) in [5, 5.41) is 3.43. The van der Waals surface area contributed by atoms with E-state index >= 15 is 0 Å². The van der Waals surface area contributed by atoms with E-state index in [4.69, 9.17) is 11.6 Å². The van der Waals surface area contributed by atoms with E-state index in [-0.39, 0.29) is 5.82 Å². The fourth-order valence-electron chi connectivity index (χ4n) is 1.34. The summed E-state index contributed by atoms with van der Waals surface area (Å²) in [5.74, 6) is 0.281. The van der Waals surface area contributed by atoms with Gasteiger partial charge in [0.1, 0.15) is 11.6 Å². The van der Waals surface area contributed by atoms with E-state index in [0.717, 1.165) is 10.2 Å². The monoisotopic (exact) mass is 314 g/mol. The number of hydrogen-bond acceptors (Lipinski definition) is 2. The molecule has 0 aliphatic carbocycles. The largest absolute Gasteiger partial charge is 0.339 e. The lowest BCUT2D eigenvalue weighted by molar-refractivity contribution is 0.628. The van der Waals surface area contributed by atoms with Crippen molar-refractivity contribution < 1.29 is 4.39 Å². The molecule has 1 aromatic heterocycles. The molecule has 0 radical (unpaired) electrons. The zero-order valence-corrected chi connectivity index (χ0v) is 11.3. The lowest BCUT2D eigenvalue weighted by atomic mass is 10.3. The van der Waals surface area contributed by atoms with Crippen LogP contribution in [-0.2, 0) is 0 Å². The number of aryl methyl sites for hydroxylation is 1. The van der Waals surface area contributed by atoms with Crippen molar-refractivity contribution in [3.05, 3.63) is 51.3 Å². The molecule has 1 heterocycles. The predicted molar refractivity (Wildman–Crippen MR) is 71.4 cm³/mol. The molecule has 2 nitrogen and oxygen atoms in total. The van der Waals surface area contributed by atoms with Crippen LogP contribution in [0.1, 0.15) is 5.69 Å². The molecule has 0 spiro atoms. The molecule has 1 aromatic carbocycles. The molecule has 2 rings (SSSR count). The number of aromatic nitrogens is 1. The third kappa shape index (κ3) is 2.96. The molecule has 5 heteroatoms. The summed E-state index contributed by atoms with van der Waals surface area (Å²) in [6.07, 6.45) is 0. The van der Waals surface area contributed by atoms with Crippen LogP contribution in [0.4, 0.5) is 15.9 Å². The molecule has 0 bridgehead atoms. The van der Waals surface area contributed by atoms with Crippen LogP contribution in [0, 0.1) is 12.7 Å². The Morgan fingerprint density at radius 3 is 2.76 bits per heavy atom. The molecule has 0 saturated heterocycles. The Labute approximate surface area is 112 Å². The Kier molecular flexibility index (Phi) is 3.64. The van der Waals surface area contributed by atoms with Gasteiger partial charge in [-0.3, -0.25) is 0 Å². The second-order valence-electron chi connectivity index (χ2n) is 3.51. The maximum Gasteiger partial charge on any atom is 0.130 e. The van der Waals surface area contributed by atoms with Crippen LogP contribution in [-0.4, -0.2) is 4.98 Å². The SMILES string of the molecule is Cc1nc(Nc2cc(F)ccc2Cl)ccc1Br. The molecule has 1 N–H and O–H groups in total. The quantitative estimate of drug-likeness (QED) is 0.869. The van der Waals surface area contributed by atoms with Crippen LogP contribution in [0.15, 0.2) is 34.8 Å². The lowest BCUT2D eigenvalue weighted by Crippen LogP contribution is -1.96. The van der Waals surface area contributed by atoms with Gasteiger partial charge in [0.2, 0.25) is 0 Å². The summed E-state index contributed by atoms with van der Waals surface area (Å²) in [4.78, 5) is 4.30. The number of rotatable bonds is 2. The minimum absolute atomic E-state index is 0.342. The summed E-state index contributed by atoms with van der Waals surface area (Å²) in [6.45, 7) is 1.88. The second-order valence-corrected chi connectivity index (χ2v) is 4.77. The lowest BCUT2D eigenvalue weighted by Gasteiger charge is -2.08. The Morgan fingerprint density at radius 1 is 1.29 bits per heavy atom. The summed E-state index contributed by atoms with van der Waals surface area (Å²) >= 11 is 9.32. The van der Waals surface area contributed by atoms with Gasteiger partial charge in [-0.05, 0) is 53.2 Å². The molecule has 0 saturated carbocycles. The van der Waals surface area contributed by atoms with E-state index in [0.29, 0.717) is 16.5 Å². The van der Waals surface area contributed by atoms with Gasteiger partial charge in [-0.15, -0.1) is 0 Å². The van der Waals surface area contributed by atoms with Gasteiger partial charge in [-0.1, -0.05) is 11.6 Å². The minimum atomic E-state index is -0.342. The Morgan fingerprint density at radius 2 is 2.06 bits per heavy atom. The van der Waals surface area contributed by atoms with E-state index < -0.39 is 0 Å². The normalized spacial score (nSPS) is 10.4. The Balaban J connectivity index is 2.31. The molecule has 17 heavy (non-hydrogen) atoms. The van der Waals surface area contributed by atoms with Crippen LogP contribution in [0.3, 0.4) is 0 Å². The van der Waals surface area contributed by atoms with Crippen LogP contribution in [0.5, 0.6) is 0 Å². The van der Waals surface area contributed by atoms with Crippen LogP contribution in [0.2, 0.25) is 5.02 Å². The second kappa shape index (κ2) is 5.02. The van der Waals surface area contributed by atoms with Gasteiger partial charge >= 0.3 is 0 Å². The number of hydrogen-bond donors (Lipinski definition) is 1. The topological polar surface area (TPSA) is 24.9 Å². The van der Waals surface area contributed by atoms with Crippen LogP contribution in [0.25, 0.3) is 0 Å². The summed E-state index contributed by atoms with van der Waals surface area (Å²) in [7, 11) is 0. The maximum absolute atomic E-state index is 13.1. The Hall–Kier alpha value is -1.13. The number of nitrogens with zero attached hydrogens (tertiary/aromatic N) is 1. The predicted octanol–water partition coefficient (Wildman–Crippen LogP) is 4.69. The number of benzene rings is 1. The molecule has 2 aromatic rings. The van der Waals surface area contributed by atoms with E-state index in [1.54, 1.807) is 6.07 Å². The van der Waals surface area contributed by atoms with Gasteiger partial charge in [-0.2, -0.15) is 0 Å². The van der Waals surface area contributed by atoms with Gasteiger partial charge < -0.3 is 5.32 Å². The average molecular weight is 316 g/mol. The molecule has 88 valence electrons. The number of halogens is 3. The Bertz CT molecular complexity index is 560. The molecule has 0 aliphatic heterocycles. The first-order valence-electron chi connectivity index (χ1n) is 4.91. The third-order valence-corrected chi connectivity index (χ3v) is 3.38. The standard InChI is InChI=1S/C12H9BrClFN2/c1-7-9(13)3-5-12(16-7)17-11-6-8(15)2-4-10(11)14/h2-6H,1H3,(H,16,17). The highest BCUT2D eigenvalue weighted by Gasteiger charge is 2.04. The fourth-order valence-corrected chi connectivity index (χ4v) is 1.73. The van der Waals surface area contributed by atoms with Crippen molar-refractivity contribution in [1.29, 1.82) is 0 Å². The summed E-state index contributed by atoms with van der Waals surface area (Å²) in [5.41, 5.74) is 1.35. The molecular formula is C12H9BrClFN2. The first kappa shape index (κ1) is 12.3. The summed E-state index contributed by atoms with van der Waals surface area (Å²) in [6, 6.07) is 7.82. The van der Waals surface area contributed by atoms with E-state index in [1.807, 2.05) is 13.0 Å². The highest BCUT2D eigenvalue weighted by atomic mass is 79.9. The molecular weight excluding hydrogens is 307 g/mol. The first-order chi connectivity index (χ1) is 8.06. The van der Waals surface area contributed by atoms with Crippen molar-refractivity contribution in [1.82, 2.24) is 4.98 Å². The van der Waals surface area contributed by atoms with Crippen molar-refractivity contribution in [2.75, 3.05) is 5.32 Å². The third-order valence-electron chi connectivity index (χ3n) is 2.21. The van der Waals surface area contributed by atoms with Crippen molar-refractivity contribution in [3.8, 4) is 0 Å². The smallest absolute Gasteiger partial charge is 0.130 e. The first-order valence-corrected chi connectivity index (χ1v) is 6.08. The highest BCUT2D eigenvalue weighted by Crippen LogP contribution is 2.26. The minimum Gasteiger partial charge on any atom is -0.339 e. The fraction of sp³-hybridized carbons (Fsp3) is 0.0833. The van der Waals surface area contributed by atoms with Crippen molar-refractivity contribution in [2.24, 2.45) is 0 Å². The van der Waals surface area contributed by atoms with Gasteiger partial charge in [0.25, 0.3) is 0 Å². The highest BCUT2D eigenvalue weighted by molar-refractivity contribution is 9.10. The average Bonchev–Trinajstić information content (AvgIpc) is 2.29.